The molecule has 5 nitrogen and oxygen atoms in total. The molecule has 0 unspecified atom stereocenters. The van der Waals surface area contributed by atoms with Crippen molar-refractivity contribution >= 4 is 22.6 Å². The first-order valence-corrected chi connectivity index (χ1v) is 8.82. The van der Waals surface area contributed by atoms with Gasteiger partial charge in [0, 0.05) is 43.8 Å². The van der Waals surface area contributed by atoms with Gasteiger partial charge >= 0.3 is 5.97 Å². The number of rotatable bonds is 4. The zero-order chi connectivity index (χ0) is 16.5. The number of hydrogen-bond donors (Lipinski definition) is 0. The Labute approximate surface area is 142 Å². The summed E-state index contributed by atoms with van der Waals surface area (Å²) in [6, 6.07) is 8.82. The molecular weight excluding hydrogens is 302 g/mol. The van der Waals surface area contributed by atoms with Crippen molar-refractivity contribution in [2.75, 3.05) is 37.7 Å². The van der Waals surface area contributed by atoms with E-state index in [-0.39, 0.29) is 5.97 Å². The maximum atomic E-state index is 12.4. The number of pyridine rings is 1. The average molecular weight is 325 g/mol. The number of esters is 1. The molecule has 0 amide bonds. The number of benzene rings is 1. The van der Waals surface area contributed by atoms with Crippen LogP contribution in [0.3, 0.4) is 0 Å². The van der Waals surface area contributed by atoms with Gasteiger partial charge in [-0.15, -0.1) is 0 Å². The lowest BCUT2D eigenvalue weighted by atomic mass is 10.1. The molecule has 0 N–H and O–H groups in total. The molecule has 1 aliphatic carbocycles. The molecule has 24 heavy (non-hydrogen) atoms. The molecule has 126 valence electrons. The van der Waals surface area contributed by atoms with E-state index < -0.39 is 0 Å². The van der Waals surface area contributed by atoms with Crippen LogP contribution in [0.5, 0.6) is 0 Å². The Bertz CT molecular complexity index is 749. The van der Waals surface area contributed by atoms with Crippen LogP contribution in [0.4, 0.5) is 5.69 Å². The largest absolute Gasteiger partial charge is 0.462 e. The fourth-order valence-corrected chi connectivity index (χ4v) is 3.58. The van der Waals surface area contributed by atoms with Gasteiger partial charge in [-0.2, -0.15) is 0 Å². The van der Waals surface area contributed by atoms with Crippen molar-refractivity contribution in [2.45, 2.75) is 25.8 Å². The second-order valence-electron chi connectivity index (χ2n) is 6.51. The Morgan fingerprint density at radius 2 is 1.96 bits per heavy atom. The lowest BCUT2D eigenvalue weighted by Crippen LogP contribution is -2.47. The molecule has 2 fully saturated rings. The molecule has 1 aromatic carbocycles. The number of piperazine rings is 1. The highest BCUT2D eigenvalue weighted by Crippen LogP contribution is 2.33. The van der Waals surface area contributed by atoms with Crippen molar-refractivity contribution in [3.63, 3.8) is 0 Å². The first kappa shape index (κ1) is 15.4. The van der Waals surface area contributed by atoms with Gasteiger partial charge in [-0.1, -0.05) is 18.2 Å². The first-order valence-electron chi connectivity index (χ1n) is 8.82. The summed E-state index contributed by atoms with van der Waals surface area (Å²) in [4.78, 5) is 21.8. The van der Waals surface area contributed by atoms with E-state index in [2.05, 4.69) is 14.8 Å². The maximum Gasteiger partial charge on any atom is 0.341 e. The van der Waals surface area contributed by atoms with E-state index in [4.69, 9.17) is 4.74 Å². The molecule has 2 aliphatic rings. The van der Waals surface area contributed by atoms with Gasteiger partial charge < -0.3 is 9.64 Å². The van der Waals surface area contributed by atoms with Gasteiger partial charge in [0.1, 0.15) is 5.56 Å². The van der Waals surface area contributed by atoms with Crippen molar-refractivity contribution in [2.24, 2.45) is 0 Å². The number of para-hydroxylation sites is 1. The van der Waals surface area contributed by atoms with Crippen molar-refractivity contribution in [1.29, 1.82) is 0 Å². The van der Waals surface area contributed by atoms with Gasteiger partial charge in [-0.05, 0) is 25.8 Å². The van der Waals surface area contributed by atoms with Gasteiger partial charge in [0.25, 0.3) is 0 Å². The summed E-state index contributed by atoms with van der Waals surface area (Å²) in [6.45, 7) is 6.21. The summed E-state index contributed by atoms with van der Waals surface area (Å²) in [5.74, 6) is -0.282. The Morgan fingerprint density at radius 3 is 2.67 bits per heavy atom. The monoisotopic (exact) mass is 325 g/mol. The number of hydrogen-bond acceptors (Lipinski definition) is 5. The third-order valence-electron chi connectivity index (χ3n) is 4.94. The lowest BCUT2D eigenvalue weighted by molar-refractivity contribution is 0.0526. The Kier molecular flexibility index (Phi) is 4.10. The molecule has 2 heterocycles. The van der Waals surface area contributed by atoms with Gasteiger partial charge in [-0.25, -0.2) is 4.79 Å². The van der Waals surface area contributed by atoms with Crippen molar-refractivity contribution < 1.29 is 9.53 Å². The zero-order valence-electron chi connectivity index (χ0n) is 14.1. The van der Waals surface area contributed by atoms with E-state index in [1.54, 1.807) is 6.20 Å². The number of carbonyl (C=O) groups excluding carboxylic acids is 1. The summed E-state index contributed by atoms with van der Waals surface area (Å²) in [5, 5.41) is 1.03. The van der Waals surface area contributed by atoms with Crippen LogP contribution in [-0.2, 0) is 4.74 Å². The van der Waals surface area contributed by atoms with Crippen LogP contribution in [-0.4, -0.2) is 54.7 Å². The summed E-state index contributed by atoms with van der Waals surface area (Å²) < 4.78 is 5.26. The minimum atomic E-state index is -0.282. The minimum absolute atomic E-state index is 0.282. The maximum absolute atomic E-state index is 12.4. The quantitative estimate of drug-likeness (QED) is 0.809. The number of carbonyl (C=O) groups is 1. The van der Waals surface area contributed by atoms with E-state index >= 15 is 0 Å². The van der Waals surface area contributed by atoms with Crippen LogP contribution in [0.2, 0.25) is 0 Å². The second-order valence-corrected chi connectivity index (χ2v) is 6.51. The van der Waals surface area contributed by atoms with E-state index in [0.29, 0.717) is 12.2 Å². The fraction of sp³-hybridized carbons (Fsp3) is 0.474. The molecule has 1 aliphatic heterocycles. The fourth-order valence-electron chi connectivity index (χ4n) is 3.58. The van der Waals surface area contributed by atoms with E-state index in [9.17, 15) is 4.79 Å². The number of anilines is 1. The van der Waals surface area contributed by atoms with Crippen LogP contribution >= 0.6 is 0 Å². The SMILES string of the molecule is CCOC(=O)c1cnc2ccccc2c1N1CCN(C2CC2)CC1. The van der Waals surface area contributed by atoms with E-state index in [0.717, 1.165) is 48.8 Å². The van der Waals surface area contributed by atoms with Crippen LogP contribution in [0.25, 0.3) is 10.9 Å². The number of aromatic nitrogens is 1. The van der Waals surface area contributed by atoms with Crippen LogP contribution < -0.4 is 4.90 Å². The lowest BCUT2D eigenvalue weighted by Gasteiger charge is -2.37. The molecule has 0 radical (unpaired) electrons. The van der Waals surface area contributed by atoms with Crippen LogP contribution in [0, 0.1) is 0 Å². The van der Waals surface area contributed by atoms with Gasteiger partial charge in [0.2, 0.25) is 0 Å². The van der Waals surface area contributed by atoms with Gasteiger partial charge in [0.15, 0.2) is 0 Å². The second kappa shape index (κ2) is 6.40. The van der Waals surface area contributed by atoms with Crippen LogP contribution in [0.15, 0.2) is 30.5 Å². The highest BCUT2D eigenvalue weighted by atomic mass is 16.5. The third kappa shape index (κ3) is 2.84. The number of fused-ring (bicyclic) bond motifs is 1. The molecule has 1 saturated carbocycles. The zero-order valence-corrected chi connectivity index (χ0v) is 14.1. The smallest absolute Gasteiger partial charge is 0.341 e. The van der Waals surface area contributed by atoms with Crippen molar-refractivity contribution in [1.82, 2.24) is 9.88 Å². The molecule has 2 aromatic rings. The Hall–Kier alpha value is -2.14. The molecular formula is C19H23N3O2. The minimum Gasteiger partial charge on any atom is -0.462 e. The molecule has 0 spiro atoms. The van der Waals surface area contributed by atoms with Crippen molar-refractivity contribution in [3.05, 3.63) is 36.0 Å². The molecule has 1 aromatic heterocycles. The molecule has 0 atom stereocenters. The Morgan fingerprint density at radius 1 is 1.21 bits per heavy atom. The van der Waals surface area contributed by atoms with E-state index in [1.807, 2.05) is 31.2 Å². The molecule has 1 saturated heterocycles. The normalized spacial score (nSPS) is 18.8. The van der Waals surface area contributed by atoms with Gasteiger partial charge in [0.05, 0.1) is 17.8 Å². The number of nitrogens with zero attached hydrogens (tertiary/aromatic N) is 3. The first-order chi connectivity index (χ1) is 11.8. The predicted octanol–water partition coefficient (Wildman–Crippen LogP) is 2.70. The highest BCUT2D eigenvalue weighted by molar-refractivity contribution is 6.05. The summed E-state index contributed by atoms with van der Waals surface area (Å²) >= 11 is 0. The van der Waals surface area contributed by atoms with Gasteiger partial charge in [-0.3, -0.25) is 9.88 Å². The predicted molar refractivity (Wildman–Crippen MR) is 94.5 cm³/mol. The summed E-state index contributed by atoms with van der Waals surface area (Å²) in [5.41, 5.74) is 2.48. The highest BCUT2D eigenvalue weighted by Gasteiger charge is 2.32. The molecule has 4 rings (SSSR count). The van der Waals surface area contributed by atoms with Crippen LogP contribution in [0.1, 0.15) is 30.1 Å². The summed E-state index contributed by atoms with van der Waals surface area (Å²) in [6.07, 6.45) is 4.35. The molecule has 0 bridgehead atoms. The third-order valence-corrected chi connectivity index (χ3v) is 4.94. The average Bonchev–Trinajstić information content (AvgIpc) is 3.46. The summed E-state index contributed by atoms with van der Waals surface area (Å²) in [7, 11) is 0. The van der Waals surface area contributed by atoms with Crippen molar-refractivity contribution in [3.8, 4) is 0 Å². The standard InChI is InChI=1S/C19H23N3O2/c1-2-24-19(23)16-13-20-17-6-4-3-5-15(17)18(16)22-11-9-21(10-12-22)14-7-8-14/h3-6,13-14H,2,7-12H2,1H3. The number of ether oxygens (including phenoxy) is 1. The Balaban J connectivity index is 1.71. The molecule has 5 heteroatoms. The van der Waals surface area contributed by atoms with E-state index in [1.165, 1.54) is 12.8 Å². The topological polar surface area (TPSA) is 45.7 Å².